The highest BCUT2D eigenvalue weighted by atomic mass is 16.7. The largest absolute Gasteiger partial charge is 0.519 e. The number of methoxy groups -OCH3 is 1. The summed E-state index contributed by atoms with van der Waals surface area (Å²) < 4.78 is 16.3. The average Bonchev–Trinajstić information content (AvgIpc) is 2.76. The summed E-state index contributed by atoms with van der Waals surface area (Å²) in [6, 6.07) is 20.0. The van der Waals surface area contributed by atoms with Crippen molar-refractivity contribution in [1.82, 2.24) is 0 Å². The van der Waals surface area contributed by atoms with Gasteiger partial charge in [-0.3, -0.25) is 0 Å². The van der Waals surface area contributed by atoms with Crippen LogP contribution in [0.25, 0.3) is 0 Å². The summed E-state index contributed by atoms with van der Waals surface area (Å²) >= 11 is 0. The summed E-state index contributed by atoms with van der Waals surface area (Å²) in [7, 11) is 1.56. The monoisotopic (exact) mass is 432 g/mol. The van der Waals surface area contributed by atoms with E-state index < -0.39 is 6.16 Å². The second-order valence-electron chi connectivity index (χ2n) is 8.66. The quantitative estimate of drug-likeness (QED) is 0.293. The molecule has 3 aromatic rings. The molecule has 4 heteroatoms. The molecule has 0 amide bonds. The van der Waals surface area contributed by atoms with Crippen molar-refractivity contribution in [3.8, 4) is 17.2 Å². The van der Waals surface area contributed by atoms with Crippen LogP contribution >= 0.6 is 0 Å². The van der Waals surface area contributed by atoms with Crippen LogP contribution in [0.4, 0.5) is 4.79 Å². The van der Waals surface area contributed by atoms with Crippen molar-refractivity contribution in [3.05, 3.63) is 88.5 Å². The van der Waals surface area contributed by atoms with Crippen LogP contribution in [0.15, 0.2) is 60.7 Å². The summed E-state index contributed by atoms with van der Waals surface area (Å²) in [6.45, 7) is 10.5. The standard InChI is InChI=1S/C28H32O4/c1-7-9-21-12-14-25(26(18-21)30-6)32-27(29)31-24-15-13-23(17-20(24)3)28(4,5)22-11-8-10-19(2)16-22/h8,10-18H,7,9H2,1-6H3. The Morgan fingerprint density at radius 3 is 2.19 bits per heavy atom. The molecular weight excluding hydrogens is 400 g/mol. The van der Waals surface area contributed by atoms with Gasteiger partial charge in [0, 0.05) is 5.41 Å². The molecule has 0 aromatic heterocycles. The van der Waals surface area contributed by atoms with Crippen molar-refractivity contribution < 1.29 is 19.0 Å². The van der Waals surface area contributed by atoms with Crippen molar-refractivity contribution in [1.29, 1.82) is 0 Å². The number of carbonyl (C=O) groups is 1. The maximum Gasteiger partial charge on any atom is 0.519 e. The highest BCUT2D eigenvalue weighted by molar-refractivity contribution is 5.69. The Morgan fingerprint density at radius 1 is 0.844 bits per heavy atom. The molecule has 0 unspecified atom stereocenters. The van der Waals surface area contributed by atoms with Gasteiger partial charge in [-0.15, -0.1) is 0 Å². The second kappa shape index (κ2) is 9.90. The summed E-state index contributed by atoms with van der Waals surface area (Å²) in [5.74, 6) is 1.33. The van der Waals surface area contributed by atoms with Crippen molar-refractivity contribution in [2.24, 2.45) is 0 Å². The lowest BCUT2D eigenvalue weighted by Gasteiger charge is -2.27. The molecule has 4 nitrogen and oxygen atoms in total. The molecule has 0 bridgehead atoms. The number of aryl methyl sites for hydroxylation is 3. The van der Waals surface area contributed by atoms with Crippen molar-refractivity contribution >= 4 is 6.16 Å². The molecule has 0 atom stereocenters. The Kier molecular flexibility index (Phi) is 7.24. The smallest absolute Gasteiger partial charge is 0.493 e. The van der Waals surface area contributed by atoms with E-state index in [0.29, 0.717) is 17.2 Å². The number of hydrogen-bond donors (Lipinski definition) is 0. The third-order valence-electron chi connectivity index (χ3n) is 5.79. The average molecular weight is 433 g/mol. The van der Waals surface area contributed by atoms with Gasteiger partial charge in [-0.05, 0) is 60.7 Å². The molecule has 3 rings (SSSR count). The van der Waals surface area contributed by atoms with E-state index in [1.165, 1.54) is 11.1 Å². The van der Waals surface area contributed by atoms with Gasteiger partial charge in [0.1, 0.15) is 5.75 Å². The molecule has 3 aromatic carbocycles. The summed E-state index contributed by atoms with van der Waals surface area (Å²) in [6.07, 6.45) is 1.17. The van der Waals surface area contributed by atoms with Crippen LogP contribution in [0.3, 0.4) is 0 Å². The Morgan fingerprint density at radius 2 is 1.53 bits per heavy atom. The first-order valence-corrected chi connectivity index (χ1v) is 11.0. The van der Waals surface area contributed by atoms with E-state index in [0.717, 1.165) is 29.5 Å². The van der Waals surface area contributed by atoms with E-state index in [9.17, 15) is 4.79 Å². The fourth-order valence-electron chi connectivity index (χ4n) is 3.79. The van der Waals surface area contributed by atoms with Gasteiger partial charge in [-0.25, -0.2) is 4.79 Å². The minimum Gasteiger partial charge on any atom is -0.493 e. The van der Waals surface area contributed by atoms with Crippen LogP contribution in [-0.4, -0.2) is 13.3 Å². The van der Waals surface area contributed by atoms with Crippen molar-refractivity contribution in [2.75, 3.05) is 7.11 Å². The lowest BCUT2D eigenvalue weighted by Crippen LogP contribution is -2.20. The fraction of sp³-hybridized carbons (Fsp3) is 0.321. The van der Waals surface area contributed by atoms with Gasteiger partial charge >= 0.3 is 6.16 Å². The fourth-order valence-corrected chi connectivity index (χ4v) is 3.79. The highest BCUT2D eigenvalue weighted by Crippen LogP contribution is 2.35. The van der Waals surface area contributed by atoms with E-state index in [2.05, 4.69) is 58.0 Å². The SMILES string of the molecule is CCCc1ccc(OC(=O)Oc2ccc(C(C)(C)c3cccc(C)c3)cc2C)c(OC)c1. The number of rotatable bonds is 7. The molecule has 0 radical (unpaired) electrons. The molecule has 0 aliphatic rings. The Hall–Kier alpha value is -3.27. The zero-order valence-electron chi connectivity index (χ0n) is 19.8. The van der Waals surface area contributed by atoms with Gasteiger partial charge < -0.3 is 14.2 Å². The maximum atomic E-state index is 12.5. The highest BCUT2D eigenvalue weighted by Gasteiger charge is 2.24. The van der Waals surface area contributed by atoms with Gasteiger partial charge in [-0.1, -0.05) is 75.2 Å². The number of hydrogen-bond acceptors (Lipinski definition) is 4. The molecule has 32 heavy (non-hydrogen) atoms. The van der Waals surface area contributed by atoms with Crippen LogP contribution in [0.1, 0.15) is 55.0 Å². The lowest BCUT2D eigenvalue weighted by atomic mass is 9.77. The third kappa shape index (κ3) is 5.31. The first-order chi connectivity index (χ1) is 15.2. The van der Waals surface area contributed by atoms with Crippen molar-refractivity contribution in [2.45, 2.75) is 52.9 Å². The van der Waals surface area contributed by atoms with Crippen LogP contribution in [0.5, 0.6) is 17.2 Å². The zero-order valence-corrected chi connectivity index (χ0v) is 19.8. The first-order valence-electron chi connectivity index (χ1n) is 11.0. The predicted octanol–water partition coefficient (Wildman–Crippen LogP) is 7.17. The third-order valence-corrected chi connectivity index (χ3v) is 5.79. The topological polar surface area (TPSA) is 44.8 Å². The van der Waals surface area contributed by atoms with Crippen LogP contribution < -0.4 is 14.2 Å². The lowest BCUT2D eigenvalue weighted by molar-refractivity contribution is 0.150. The molecular formula is C28H32O4. The van der Waals surface area contributed by atoms with Crippen LogP contribution in [-0.2, 0) is 11.8 Å². The molecule has 0 spiro atoms. The number of ether oxygens (including phenoxy) is 3. The van der Waals surface area contributed by atoms with E-state index >= 15 is 0 Å². The van der Waals surface area contributed by atoms with Gasteiger partial charge in [0.25, 0.3) is 0 Å². The summed E-state index contributed by atoms with van der Waals surface area (Å²) in [4.78, 5) is 12.5. The molecule has 0 aliphatic carbocycles. The number of benzene rings is 3. The normalized spacial score (nSPS) is 11.2. The van der Waals surface area contributed by atoms with Gasteiger partial charge in [0.05, 0.1) is 7.11 Å². The minimum atomic E-state index is -0.791. The Bertz CT molecular complexity index is 1100. The van der Waals surface area contributed by atoms with Crippen LogP contribution in [0.2, 0.25) is 0 Å². The molecule has 0 saturated heterocycles. The minimum absolute atomic E-state index is 0.177. The van der Waals surface area contributed by atoms with E-state index in [-0.39, 0.29) is 5.41 Å². The number of carbonyl (C=O) groups excluding carboxylic acids is 1. The van der Waals surface area contributed by atoms with E-state index in [1.807, 2.05) is 31.2 Å². The molecule has 0 N–H and O–H groups in total. The first kappa shape index (κ1) is 23.4. The zero-order chi connectivity index (χ0) is 23.3. The molecule has 0 fully saturated rings. The van der Waals surface area contributed by atoms with Gasteiger partial charge in [-0.2, -0.15) is 0 Å². The summed E-state index contributed by atoms with van der Waals surface area (Å²) in [5, 5.41) is 0. The Balaban J connectivity index is 1.75. The van der Waals surface area contributed by atoms with E-state index in [4.69, 9.17) is 14.2 Å². The molecule has 0 saturated carbocycles. The molecule has 168 valence electrons. The van der Waals surface area contributed by atoms with Gasteiger partial charge in [0.2, 0.25) is 0 Å². The second-order valence-corrected chi connectivity index (χ2v) is 8.66. The summed E-state index contributed by atoms with van der Waals surface area (Å²) in [5.41, 5.74) is 5.44. The van der Waals surface area contributed by atoms with Crippen molar-refractivity contribution in [3.63, 3.8) is 0 Å². The van der Waals surface area contributed by atoms with Gasteiger partial charge in [0.15, 0.2) is 11.5 Å². The van der Waals surface area contributed by atoms with E-state index in [1.54, 1.807) is 13.2 Å². The maximum absolute atomic E-state index is 12.5. The van der Waals surface area contributed by atoms with Crippen LogP contribution in [0, 0.1) is 13.8 Å². The molecule has 0 aliphatic heterocycles. The Labute approximate surface area is 191 Å². The molecule has 0 heterocycles. The predicted molar refractivity (Wildman–Crippen MR) is 128 cm³/mol.